The van der Waals surface area contributed by atoms with Crippen LogP contribution in [0.25, 0.3) is 0 Å². The highest BCUT2D eigenvalue weighted by Gasteiger charge is 2.32. The molecule has 1 aliphatic rings. The molecule has 82 valence electrons. The summed E-state index contributed by atoms with van der Waals surface area (Å²) in [5.41, 5.74) is 0. The SMILES string of the molecule is CNCC(C(=O)OC)C1CCN(C)C1. The van der Waals surface area contributed by atoms with Crippen molar-refractivity contribution in [2.24, 2.45) is 11.8 Å². The van der Waals surface area contributed by atoms with Crippen LogP contribution < -0.4 is 5.32 Å². The first-order valence-electron chi connectivity index (χ1n) is 5.10. The number of esters is 1. The summed E-state index contributed by atoms with van der Waals surface area (Å²) >= 11 is 0. The molecule has 0 amide bonds. The lowest BCUT2D eigenvalue weighted by Gasteiger charge is -2.20. The van der Waals surface area contributed by atoms with Crippen molar-refractivity contribution in [3.8, 4) is 0 Å². The number of rotatable bonds is 4. The molecule has 1 fully saturated rings. The van der Waals surface area contributed by atoms with Crippen LogP contribution in [0.5, 0.6) is 0 Å². The van der Waals surface area contributed by atoms with E-state index in [9.17, 15) is 4.79 Å². The minimum absolute atomic E-state index is 0.00921. The average Bonchev–Trinajstić information content (AvgIpc) is 2.60. The Labute approximate surface area is 85.6 Å². The Bertz CT molecular complexity index is 197. The molecular formula is C10H20N2O2. The summed E-state index contributed by atoms with van der Waals surface area (Å²) in [6.07, 6.45) is 1.10. The first-order chi connectivity index (χ1) is 6.69. The van der Waals surface area contributed by atoms with Crippen molar-refractivity contribution in [2.45, 2.75) is 6.42 Å². The number of hydrogen-bond donors (Lipinski definition) is 1. The minimum atomic E-state index is -0.0837. The zero-order valence-electron chi connectivity index (χ0n) is 9.25. The van der Waals surface area contributed by atoms with E-state index in [0.717, 1.165) is 19.5 Å². The van der Waals surface area contributed by atoms with E-state index in [0.29, 0.717) is 12.5 Å². The van der Waals surface area contributed by atoms with Crippen LogP contribution in [0.4, 0.5) is 0 Å². The summed E-state index contributed by atoms with van der Waals surface area (Å²) in [6, 6.07) is 0. The zero-order valence-corrected chi connectivity index (χ0v) is 9.25. The second-order valence-electron chi connectivity index (χ2n) is 4.00. The normalized spacial score (nSPS) is 24.9. The Morgan fingerprint density at radius 1 is 1.71 bits per heavy atom. The standard InChI is InChI=1S/C10H20N2O2/c1-11-6-9(10(13)14-3)8-4-5-12(2)7-8/h8-9,11H,4-7H2,1-3H3. The molecule has 0 radical (unpaired) electrons. The topological polar surface area (TPSA) is 41.6 Å². The van der Waals surface area contributed by atoms with Gasteiger partial charge < -0.3 is 15.0 Å². The molecule has 4 heteroatoms. The molecule has 1 saturated heterocycles. The van der Waals surface area contributed by atoms with Crippen LogP contribution in [0, 0.1) is 11.8 Å². The van der Waals surface area contributed by atoms with Gasteiger partial charge in [-0.25, -0.2) is 0 Å². The molecule has 0 bridgehead atoms. The van der Waals surface area contributed by atoms with E-state index >= 15 is 0 Å². The van der Waals surface area contributed by atoms with Gasteiger partial charge in [0, 0.05) is 13.1 Å². The van der Waals surface area contributed by atoms with Crippen molar-refractivity contribution < 1.29 is 9.53 Å². The summed E-state index contributed by atoms with van der Waals surface area (Å²) in [6.45, 7) is 2.80. The van der Waals surface area contributed by atoms with E-state index in [4.69, 9.17) is 4.74 Å². The maximum absolute atomic E-state index is 11.5. The molecule has 0 aliphatic carbocycles. The molecule has 0 aromatic carbocycles. The Hall–Kier alpha value is -0.610. The summed E-state index contributed by atoms with van der Waals surface area (Å²) in [4.78, 5) is 13.8. The van der Waals surface area contributed by atoms with Crippen LogP contribution in [0.15, 0.2) is 0 Å². The van der Waals surface area contributed by atoms with Gasteiger partial charge in [-0.3, -0.25) is 4.79 Å². The van der Waals surface area contributed by atoms with Crippen LogP contribution in [-0.4, -0.2) is 51.7 Å². The molecule has 2 atom stereocenters. The van der Waals surface area contributed by atoms with Gasteiger partial charge in [0.1, 0.15) is 0 Å². The van der Waals surface area contributed by atoms with Gasteiger partial charge in [0.05, 0.1) is 13.0 Å². The van der Waals surface area contributed by atoms with E-state index in [-0.39, 0.29) is 11.9 Å². The van der Waals surface area contributed by atoms with Gasteiger partial charge in [0.15, 0.2) is 0 Å². The molecule has 1 heterocycles. The Morgan fingerprint density at radius 3 is 2.86 bits per heavy atom. The van der Waals surface area contributed by atoms with Crippen molar-refractivity contribution in [1.82, 2.24) is 10.2 Å². The highest BCUT2D eigenvalue weighted by atomic mass is 16.5. The van der Waals surface area contributed by atoms with Gasteiger partial charge in [0.2, 0.25) is 0 Å². The Balaban J connectivity index is 2.53. The van der Waals surface area contributed by atoms with Crippen LogP contribution in [0.3, 0.4) is 0 Å². The van der Waals surface area contributed by atoms with Gasteiger partial charge in [-0.2, -0.15) is 0 Å². The summed E-state index contributed by atoms with van der Waals surface area (Å²) in [5.74, 6) is 0.370. The van der Waals surface area contributed by atoms with Crippen molar-refractivity contribution >= 4 is 5.97 Å². The second kappa shape index (κ2) is 5.32. The number of carbonyl (C=O) groups is 1. The van der Waals surface area contributed by atoms with Crippen molar-refractivity contribution in [1.29, 1.82) is 0 Å². The Morgan fingerprint density at radius 2 is 2.43 bits per heavy atom. The third kappa shape index (κ3) is 2.69. The number of nitrogens with one attached hydrogen (secondary N) is 1. The fourth-order valence-corrected chi connectivity index (χ4v) is 2.11. The predicted molar refractivity (Wildman–Crippen MR) is 55.0 cm³/mol. The van der Waals surface area contributed by atoms with E-state index in [2.05, 4.69) is 17.3 Å². The predicted octanol–water partition coefficient (Wildman–Crippen LogP) is -0.0533. The lowest BCUT2D eigenvalue weighted by atomic mass is 9.91. The van der Waals surface area contributed by atoms with Crippen LogP contribution >= 0.6 is 0 Å². The molecule has 14 heavy (non-hydrogen) atoms. The van der Waals surface area contributed by atoms with Crippen LogP contribution in [0.2, 0.25) is 0 Å². The summed E-state index contributed by atoms with van der Waals surface area (Å²) in [7, 11) is 5.42. The number of hydrogen-bond acceptors (Lipinski definition) is 4. The summed E-state index contributed by atoms with van der Waals surface area (Å²) < 4.78 is 4.82. The van der Waals surface area contributed by atoms with E-state index in [1.165, 1.54) is 7.11 Å². The third-order valence-corrected chi connectivity index (χ3v) is 2.92. The molecule has 1 aliphatic heterocycles. The molecule has 4 nitrogen and oxygen atoms in total. The highest BCUT2D eigenvalue weighted by Crippen LogP contribution is 2.23. The molecule has 0 saturated carbocycles. The number of ether oxygens (including phenoxy) is 1. The Kier molecular flexibility index (Phi) is 4.35. The van der Waals surface area contributed by atoms with Crippen molar-refractivity contribution in [3.05, 3.63) is 0 Å². The maximum Gasteiger partial charge on any atom is 0.310 e. The fourth-order valence-electron chi connectivity index (χ4n) is 2.11. The smallest absolute Gasteiger partial charge is 0.310 e. The third-order valence-electron chi connectivity index (χ3n) is 2.92. The highest BCUT2D eigenvalue weighted by molar-refractivity contribution is 5.73. The fraction of sp³-hybridized carbons (Fsp3) is 0.900. The molecule has 1 rings (SSSR count). The largest absolute Gasteiger partial charge is 0.469 e. The summed E-state index contributed by atoms with van der Waals surface area (Å²) in [5, 5.41) is 3.06. The molecule has 0 aromatic rings. The molecular weight excluding hydrogens is 180 g/mol. The first-order valence-corrected chi connectivity index (χ1v) is 5.10. The number of likely N-dealkylation sites (tertiary alicyclic amines) is 1. The van der Waals surface area contributed by atoms with E-state index in [1.807, 2.05) is 7.05 Å². The van der Waals surface area contributed by atoms with Gasteiger partial charge >= 0.3 is 5.97 Å². The quantitative estimate of drug-likeness (QED) is 0.646. The lowest BCUT2D eigenvalue weighted by Crippen LogP contribution is -2.34. The molecule has 0 spiro atoms. The molecule has 1 N–H and O–H groups in total. The average molecular weight is 200 g/mol. The van der Waals surface area contributed by atoms with Gasteiger partial charge in [-0.05, 0) is 33.0 Å². The molecule has 2 unspecified atom stereocenters. The van der Waals surface area contributed by atoms with Crippen LogP contribution in [0.1, 0.15) is 6.42 Å². The van der Waals surface area contributed by atoms with E-state index in [1.54, 1.807) is 0 Å². The minimum Gasteiger partial charge on any atom is -0.469 e. The van der Waals surface area contributed by atoms with Gasteiger partial charge in [0.25, 0.3) is 0 Å². The number of nitrogens with zero attached hydrogens (tertiary/aromatic N) is 1. The van der Waals surface area contributed by atoms with E-state index < -0.39 is 0 Å². The molecule has 0 aromatic heterocycles. The van der Waals surface area contributed by atoms with Crippen LogP contribution in [-0.2, 0) is 9.53 Å². The zero-order chi connectivity index (χ0) is 10.6. The monoisotopic (exact) mass is 200 g/mol. The van der Waals surface area contributed by atoms with Crippen molar-refractivity contribution in [3.63, 3.8) is 0 Å². The van der Waals surface area contributed by atoms with Gasteiger partial charge in [-0.1, -0.05) is 0 Å². The second-order valence-corrected chi connectivity index (χ2v) is 4.00. The first kappa shape index (κ1) is 11.5. The van der Waals surface area contributed by atoms with Crippen molar-refractivity contribution in [2.75, 3.05) is 40.8 Å². The number of carbonyl (C=O) groups excluding carboxylic acids is 1. The van der Waals surface area contributed by atoms with Gasteiger partial charge in [-0.15, -0.1) is 0 Å². The number of methoxy groups -OCH3 is 1. The lowest BCUT2D eigenvalue weighted by molar-refractivity contribution is -0.147. The maximum atomic E-state index is 11.5.